The van der Waals surface area contributed by atoms with Crippen LogP contribution in [-0.4, -0.2) is 36.3 Å². The van der Waals surface area contributed by atoms with Crippen LogP contribution in [0.5, 0.6) is 0 Å². The first-order valence-corrected chi connectivity index (χ1v) is 7.09. The molecular formula is C10H16ClN3O2S. The van der Waals surface area contributed by atoms with E-state index in [4.69, 9.17) is 11.6 Å². The molecule has 0 aliphatic rings. The zero-order valence-electron chi connectivity index (χ0n) is 10.1. The molecule has 5 nitrogen and oxygen atoms in total. The zero-order valence-corrected chi connectivity index (χ0v) is 11.7. The van der Waals surface area contributed by atoms with Crippen molar-refractivity contribution < 1.29 is 8.42 Å². The smallest absolute Gasteiger partial charge is 0.225 e. The first-order valence-electron chi connectivity index (χ1n) is 5.28. The average molecular weight is 278 g/mol. The summed E-state index contributed by atoms with van der Waals surface area (Å²) in [6.07, 6.45) is 3.25. The topological polar surface area (TPSA) is 63.2 Å². The number of hydrogen-bond acceptors (Lipinski definition) is 4. The van der Waals surface area contributed by atoms with Crippen molar-refractivity contribution in [1.29, 1.82) is 0 Å². The first kappa shape index (κ1) is 14.3. The summed E-state index contributed by atoms with van der Waals surface area (Å²) in [5.74, 6) is 0.453. The van der Waals surface area contributed by atoms with Crippen molar-refractivity contribution in [2.45, 2.75) is 25.2 Å². The van der Waals surface area contributed by atoms with Crippen LogP contribution in [0.3, 0.4) is 0 Å². The quantitative estimate of drug-likeness (QED) is 0.770. The van der Waals surface area contributed by atoms with Crippen molar-refractivity contribution >= 4 is 21.6 Å². The van der Waals surface area contributed by atoms with Gasteiger partial charge >= 0.3 is 0 Å². The third-order valence-corrected chi connectivity index (χ3v) is 4.33. The summed E-state index contributed by atoms with van der Waals surface area (Å²) in [6.45, 7) is 4.57. The molecular weight excluding hydrogens is 262 g/mol. The Kier molecular flexibility index (Phi) is 4.85. The van der Waals surface area contributed by atoms with Gasteiger partial charge in [-0.15, -0.1) is 0 Å². The molecule has 0 spiro atoms. The Morgan fingerprint density at radius 3 is 2.35 bits per heavy atom. The van der Waals surface area contributed by atoms with Crippen LogP contribution in [0.1, 0.15) is 20.3 Å². The minimum atomic E-state index is -3.50. The normalized spacial score (nSPS) is 12.4. The molecule has 0 aliphatic heterocycles. The van der Waals surface area contributed by atoms with Gasteiger partial charge in [-0.05, 0) is 23.9 Å². The number of aromatic nitrogens is 2. The van der Waals surface area contributed by atoms with Crippen LogP contribution in [0.25, 0.3) is 0 Å². The Balaban J connectivity index is 2.84. The van der Waals surface area contributed by atoms with Crippen LogP contribution in [0, 0.1) is 5.92 Å². The second-order valence-corrected chi connectivity index (χ2v) is 6.58. The third-order valence-electron chi connectivity index (χ3n) is 2.33. The first-order chi connectivity index (χ1) is 7.84. The summed E-state index contributed by atoms with van der Waals surface area (Å²) in [4.78, 5) is 7.41. The number of nitrogens with zero attached hydrogens (tertiary/aromatic N) is 3. The molecule has 0 aliphatic carbocycles. The monoisotopic (exact) mass is 277 g/mol. The highest BCUT2D eigenvalue weighted by Crippen LogP contribution is 2.14. The molecule has 0 fully saturated rings. The summed E-state index contributed by atoms with van der Waals surface area (Å²) >= 11 is 5.51. The maximum Gasteiger partial charge on any atom is 0.245 e. The summed E-state index contributed by atoms with van der Waals surface area (Å²) in [5.41, 5.74) is 0. The van der Waals surface area contributed by atoms with Crippen LogP contribution in [0.4, 0.5) is 0 Å². The van der Waals surface area contributed by atoms with Gasteiger partial charge in [0.15, 0.2) is 0 Å². The zero-order chi connectivity index (χ0) is 13.1. The van der Waals surface area contributed by atoms with Gasteiger partial charge in [0.2, 0.25) is 15.3 Å². The predicted octanol–water partition coefficient (Wildman–Crippen LogP) is 1.80. The second kappa shape index (κ2) is 5.75. The van der Waals surface area contributed by atoms with Gasteiger partial charge in [0, 0.05) is 13.6 Å². The van der Waals surface area contributed by atoms with E-state index in [9.17, 15) is 8.42 Å². The number of hydrogen-bond donors (Lipinski definition) is 0. The van der Waals surface area contributed by atoms with Crippen molar-refractivity contribution in [3.8, 4) is 0 Å². The van der Waals surface area contributed by atoms with E-state index in [0.717, 1.165) is 6.42 Å². The average Bonchev–Trinajstić information content (AvgIpc) is 2.26. The molecule has 7 heteroatoms. The van der Waals surface area contributed by atoms with Crippen molar-refractivity contribution in [2.24, 2.45) is 5.92 Å². The maximum absolute atomic E-state index is 12.1. The van der Waals surface area contributed by atoms with Gasteiger partial charge in [-0.25, -0.2) is 22.7 Å². The minimum absolute atomic E-state index is 0.0359. The molecule has 1 aromatic rings. The standard InChI is InChI=1S/C10H16ClN3O2S/c1-8(2)4-5-14(3)17(15,16)9-6-12-10(11)13-7-9/h6-8H,4-5H2,1-3H3. The Bertz CT molecular complexity index is 459. The lowest BCUT2D eigenvalue weighted by Gasteiger charge is -2.17. The van der Waals surface area contributed by atoms with Gasteiger partial charge in [-0.3, -0.25) is 0 Å². The van der Waals surface area contributed by atoms with E-state index < -0.39 is 10.0 Å². The summed E-state index contributed by atoms with van der Waals surface area (Å²) in [6, 6.07) is 0. The Morgan fingerprint density at radius 1 is 1.35 bits per heavy atom. The molecule has 0 saturated carbocycles. The SMILES string of the molecule is CC(C)CCN(C)S(=O)(=O)c1cnc(Cl)nc1. The van der Waals surface area contributed by atoms with Crippen LogP contribution >= 0.6 is 11.6 Å². The van der Waals surface area contributed by atoms with E-state index in [1.165, 1.54) is 16.7 Å². The number of rotatable bonds is 5. The molecule has 0 radical (unpaired) electrons. The second-order valence-electron chi connectivity index (χ2n) is 4.20. The molecule has 1 rings (SSSR count). The van der Waals surface area contributed by atoms with E-state index in [0.29, 0.717) is 12.5 Å². The summed E-state index contributed by atoms with van der Waals surface area (Å²) in [7, 11) is -1.95. The lowest BCUT2D eigenvalue weighted by molar-refractivity contribution is 0.427. The third kappa shape index (κ3) is 3.90. The molecule has 0 aromatic carbocycles. The molecule has 0 N–H and O–H groups in total. The highest BCUT2D eigenvalue weighted by molar-refractivity contribution is 7.89. The van der Waals surface area contributed by atoms with Gasteiger partial charge in [0.05, 0.1) is 12.4 Å². The molecule has 0 unspecified atom stereocenters. The predicted molar refractivity (Wildman–Crippen MR) is 66.3 cm³/mol. The minimum Gasteiger partial charge on any atom is -0.225 e. The van der Waals surface area contributed by atoms with E-state index in [1.54, 1.807) is 7.05 Å². The Hall–Kier alpha value is -0.720. The molecule has 0 atom stereocenters. The molecule has 96 valence electrons. The van der Waals surface area contributed by atoms with Gasteiger partial charge in [-0.1, -0.05) is 13.8 Å². The molecule has 17 heavy (non-hydrogen) atoms. The van der Waals surface area contributed by atoms with E-state index in [-0.39, 0.29) is 10.2 Å². The molecule has 1 aromatic heterocycles. The van der Waals surface area contributed by atoms with Crippen LogP contribution in [0.15, 0.2) is 17.3 Å². The molecule has 1 heterocycles. The van der Waals surface area contributed by atoms with Crippen LogP contribution in [0.2, 0.25) is 5.28 Å². The fourth-order valence-corrected chi connectivity index (χ4v) is 2.35. The van der Waals surface area contributed by atoms with Gasteiger partial charge < -0.3 is 0 Å². The fourth-order valence-electron chi connectivity index (χ4n) is 1.17. The number of sulfonamides is 1. The van der Waals surface area contributed by atoms with Crippen molar-refractivity contribution in [3.63, 3.8) is 0 Å². The lowest BCUT2D eigenvalue weighted by Crippen LogP contribution is -2.28. The van der Waals surface area contributed by atoms with Gasteiger partial charge in [0.1, 0.15) is 4.90 Å². The van der Waals surface area contributed by atoms with Crippen LogP contribution < -0.4 is 0 Å². The Morgan fingerprint density at radius 2 is 1.88 bits per heavy atom. The van der Waals surface area contributed by atoms with Crippen molar-refractivity contribution in [2.75, 3.05) is 13.6 Å². The van der Waals surface area contributed by atoms with Crippen LogP contribution in [-0.2, 0) is 10.0 Å². The maximum atomic E-state index is 12.1. The van der Waals surface area contributed by atoms with Gasteiger partial charge in [0.25, 0.3) is 0 Å². The molecule has 0 saturated heterocycles. The highest BCUT2D eigenvalue weighted by Gasteiger charge is 2.21. The fraction of sp³-hybridized carbons (Fsp3) is 0.600. The van der Waals surface area contributed by atoms with E-state index in [1.807, 2.05) is 13.8 Å². The summed E-state index contributed by atoms with van der Waals surface area (Å²) < 4.78 is 25.4. The highest BCUT2D eigenvalue weighted by atomic mass is 35.5. The lowest BCUT2D eigenvalue weighted by atomic mass is 10.1. The van der Waals surface area contributed by atoms with Crippen molar-refractivity contribution in [3.05, 3.63) is 17.7 Å². The molecule has 0 bridgehead atoms. The van der Waals surface area contributed by atoms with E-state index >= 15 is 0 Å². The van der Waals surface area contributed by atoms with E-state index in [2.05, 4.69) is 9.97 Å². The van der Waals surface area contributed by atoms with Gasteiger partial charge in [-0.2, -0.15) is 0 Å². The molecule has 0 amide bonds. The largest absolute Gasteiger partial charge is 0.245 e. The Labute approximate surface area is 107 Å². The van der Waals surface area contributed by atoms with Crippen molar-refractivity contribution in [1.82, 2.24) is 14.3 Å². The summed E-state index contributed by atoms with van der Waals surface area (Å²) in [5, 5.41) is 0.0359. The number of halogens is 1.